The highest BCUT2D eigenvalue weighted by atomic mass is 32.2. The van der Waals surface area contributed by atoms with Crippen LogP contribution in [-0.4, -0.2) is 64.7 Å². The molecule has 0 aliphatic carbocycles. The number of aryl methyl sites for hydroxylation is 1. The molecule has 0 aliphatic heterocycles. The van der Waals surface area contributed by atoms with Crippen molar-refractivity contribution in [3.05, 3.63) is 53.6 Å². The van der Waals surface area contributed by atoms with E-state index < -0.39 is 28.5 Å². The lowest BCUT2D eigenvalue weighted by Crippen LogP contribution is -2.51. The smallest absolute Gasteiger partial charge is 0.244 e. The Hall–Kier alpha value is -3.27. The topological polar surface area (TPSA) is 105 Å². The third kappa shape index (κ3) is 7.87. The summed E-state index contributed by atoms with van der Waals surface area (Å²) in [6, 6.07) is 11.4. The van der Waals surface area contributed by atoms with E-state index in [0.717, 1.165) is 21.7 Å². The summed E-state index contributed by atoms with van der Waals surface area (Å²) in [5.74, 6) is 0.385. The number of hydrogen-bond acceptors (Lipinski definition) is 6. The second-order valence-corrected chi connectivity index (χ2v) is 11.0. The molecule has 0 saturated carbocycles. The van der Waals surface area contributed by atoms with Crippen LogP contribution in [0.5, 0.6) is 11.5 Å². The molecule has 0 spiro atoms. The molecule has 2 aromatic rings. The van der Waals surface area contributed by atoms with E-state index >= 15 is 0 Å². The molecule has 0 aromatic heterocycles. The summed E-state index contributed by atoms with van der Waals surface area (Å²) in [7, 11) is -0.858. The minimum Gasteiger partial charge on any atom is -0.497 e. The van der Waals surface area contributed by atoms with E-state index in [1.165, 1.54) is 12.0 Å². The van der Waals surface area contributed by atoms with Crippen molar-refractivity contribution in [3.63, 3.8) is 0 Å². The molecule has 2 aromatic carbocycles. The van der Waals surface area contributed by atoms with Gasteiger partial charge in [-0.25, -0.2) is 8.42 Å². The number of ether oxygens (including phenoxy) is 2. The molecule has 0 saturated heterocycles. The lowest BCUT2D eigenvalue weighted by atomic mass is 10.1. The van der Waals surface area contributed by atoms with Gasteiger partial charge < -0.3 is 19.7 Å². The number of rotatable bonds is 12. The Morgan fingerprint density at radius 1 is 1.00 bits per heavy atom. The summed E-state index contributed by atoms with van der Waals surface area (Å²) in [5.41, 5.74) is 1.84. The zero-order chi connectivity index (χ0) is 27.0. The molecule has 1 atom stereocenters. The molecule has 0 fully saturated rings. The molecular weight excluding hydrogens is 482 g/mol. The molecule has 2 amide bonds. The van der Waals surface area contributed by atoms with E-state index in [1.807, 2.05) is 20.8 Å². The van der Waals surface area contributed by atoms with Crippen LogP contribution in [0.2, 0.25) is 0 Å². The van der Waals surface area contributed by atoms with E-state index in [2.05, 4.69) is 5.32 Å². The van der Waals surface area contributed by atoms with Gasteiger partial charge in [-0.05, 0) is 55.2 Å². The molecule has 36 heavy (non-hydrogen) atoms. The van der Waals surface area contributed by atoms with Crippen LogP contribution in [-0.2, 0) is 26.2 Å². The van der Waals surface area contributed by atoms with Gasteiger partial charge in [0.05, 0.1) is 26.2 Å². The van der Waals surface area contributed by atoms with E-state index in [-0.39, 0.29) is 24.1 Å². The van der Waals surface area contributed by atoms with Gasteiger partial charge in [0.1, 0.15) is 24.1 Å². The van der Waals surface area contributed by atoms with E-state index in [9.17, 15) is 18.0 Å². The molecular formula is C26H37N3O6S. The predicted molar refractivity (Wildman–Crippen MR) is 141 cm³/mol. The molecule has 0 heterocycles. The van der Waals surface area contributed by atoms with Gasteiger partial charge in [-0.15, -0.1) is 0 Å². The van der Waals surface area contributed by atoms with Gasteiger partial charge in [-0.3, -0.25) is 13.9 Å². The highest BCUT2D eigenvalue weighted by Gasteiger charge is 2.31. The molecule has 0 aliphatic rings. The van der Waals surface area contributed by atoms with Crippen LogP contribution in [0.3, 0.4) is 0 Å². The number of nitrogens with zero attached hydrogens (tertiary/aromatic N) is 2. The van der Waals surface area contributed by atoms with Gasteiger partial charge in [0.2, 0.25) is 21.8 Å². The third-order valence-electron chi connectivity index (χ3n) is 5.65. The first-order valence-corrected chi connectivity index (χ1v) is 13.5. The lowest BCUT2D eigenvalue weighted by Gasteiger charge is -2.32. The summed E-state index contributed by atoms with van der Waals surface area (Å²) in [4.78, 5) is 27.9. The molecule has 0 bridgehead atoms. The molecule has 0 radical (unpaired) electrons. The maximum Gasteiger partial charge on any atom is 0.244 e. The van der Waals surface area contributed by atoms with Crippen molar-refractivity contribution in [1.29, 1.82) is 0 Å². The van der Waals surface area contributed by atoms with Gasteiger partial charge in [-0.2, -0.15) is 0 Å². The van der Waals surface area contributed by atoms with Gasteiger partial charge in [0.25, 0.3) is 0 Å². The fourth-order valence-electron chi connectivity index (χ4n) is 3.55. The minimum absolute atomic E-state index is 0.113. The molecule has 9 nitrogen and oxygen atoms in total. The Kier molecular flexibility index (Phi) is 10.2. The molecule has 1 N–H and O–H groups in total. The van der Waals surface area contributed by atoms with Crippen LogP contribution in [0.15, 0.2) is 42.5 Å². The Balaban J connectivity index is 2.43. The SMILES string of the molecule is COc1ccc(CN(C(=O)CN(c2cc(C)ccc2OC)S(C)(=O)=O)C(C)C(=O)NCC(C)C)cc1. The van der Waals surface area contributed by atoms with Crippen molar-refractivity contribution < 1.29 is 27.5 Å². The maximum atomic E-state index is 13.6. The number of nitrogens with one attached hydrogen (secondary N) is 1. The van der Waals surface area contributed by atoms with Crippen LogP contribution < -0.4 is 19.1 Å². The van der Waals surface area contributed by atoms with Gasteiger partial charge in [0.15, 0.2) is 0 Å². The number of carbonyl (C=O) groups excluding carboxylic acids is 2. The van der Waals surface area contributed by atoms with Crippen LogP contribution >= 0.6 is 0 Å². The van der Waals surface area contributed by atoms with E-state index in [1.54, 1.807) is 56.5 Å². The zero-order valence-electron chi connectivity index (χ0n) is 22.1. The first kappa shape index (κ1) is 29.0. The van der Waals surface area contributed by atoms with Crippen molar-refractivity contribution in [2.75, 3.05) is 37.9 Å². The first-order chi connectivity index (χ1) is 16.9. The average Bonchev–Trinajstić information content (AvgIpc) is 2.83. The first-order valence-electron chi connectivity index (χ1n) is 11.7. The van der Waals surface area contributed by atoms with Crippen LogP contribution in [0, 0.1) is 12.8 Å². The number of benzene rings is 2. The highest BCUT2D eigenvalue weighted by Crippen LogP contribution is 2.31. The fraction of sp³-hybridized carbons (Fsp3) is 0.462. The molecule has 2 rings (SSSR count). The number of carbonyl (C=O) groups is 2. The van der Waals surface area contributed by atoms with Gasteiger partial charge in [-0.1, -0.05) is 32.0 Å². The largest absolute Gasteiger partial charge is 0.497 e. The summed E-state index contributed by atoms with van der Waals surface area (Å²) in [5, 5.41) is 2.86. The quantitative estimate of drug-likeness (QED) is 0.462. The second kappa shape index (κ2) is 12.6. The van der Waals surface area contributed by atoms with Crippen LogP contribution in [0.4, 0.5) is 5.69 Å². The lowest BCUT2D eigenvalue weighted by molar-refractivity contribution is -0.139. The minimum atomic E-state index is -3.86. The van der Waals surface area contributed by atoms with Gasteiger partial charge >= 0.3 is 0 Å². The molecule has 10 heteroatoms. The summed E-state index contributed by atoms with van der Waals surface area (Å²) in [6.45, 7) is 7.49. The monoisotopic (exact) mass is 519 g/mol. The van der Waals surface area contributed by atoms with Gasteiger partial charge in [0, 0.05) is 13.1 Å². The molecule has 198 valence electrons. The van der Waals surface area contributed by atoms with E-state index in [0.29, 0.717) is 18.0 Å². The van der Waals surface area contributed by atoms with Crippen molar-refractivity contribution in [2.45, 2.75) is 40.3 Å². The number of methoxy groups -OCH3 is 2. The zero-order valence-corrected chi connectivity index (χ0v) is 22.9. The normalized spacial score (nSPS) is 12.1. The average molecular weight is 520 g/mol. The third-order valence-corrected chi connectivity index (χ3v) is 6.77. The van der Waals surface area contributed by atoms with Crippen molar-refractivity contribution >= 4 is 27.5 Å². The second-order valence-electron chi connectivity index (χ2n) is 9.13. The summed E-state index contributed by atoms with van der Waals surface area (Å²) in [6.07, 6.45) is 1.04. The summed E-state index contributed by atoms with van der Waals surface area (Å²) >= 11 is 0. The van der Waals surface area contributed by atoms with Crippen LogP contribution in [0.1, 0.15) is 31.9 Å². The van der Waals surface area contributed by atoms with Crippen LogP contribution in [0.25, 0.3) is 0 Å². The highest BCUT2D eigenvalue weighted by molar-refractivity contribution is 7.92. The Morgan fingerprint density at radius 3 is 2.17 bits per heavy atom. The predicted octanol–water partition coefficient (Wildman–Crippen LogP) is 2.97. The van der Waals surface area contributed by atoms with Crippen molar-refractivity contribution in [2.24, 2.45) is 5.92 Å². The Morgan fingerprint density at radius 2 is 1.64 bits per heavy atom. The Bertz CT molecular complexity index is 1150. The molecule has 1 unspecified atom stereocenters. The maximum absolute atomic E-state index is 13.6. The van der Waals surface area contributed by atoms with Crippen molar-refractivity contribution in [3.8, 4) is 11.5 Å². The Labute approximate surface area is 214 Å². The number of hydrogen-bond donors (Lipinski definition) is 1. The summed E-state index contributed by atoms with van der Waals surface area (Å²) < 4.78 is 37.2. The number of anilines is 1. The number of amides is 2. The van der Waals surface area contributed by atoms with Crippen molar-refractivity contribution in [1.82, 2.24) is 10.2 Å². The standard InChI is InChI=1S/C26H37N3O6S/c1-18(2)15-27-26(31)20(4)28(16-21-9-11-22(34-5)12-10-21)25(30)17-29(36(7,32)33)23-14-19(3)8-13-24(23)35-6/h8-14,18,20H,15-17H2,1-7H3,(H,27,31). The van der Waals surface area contributed by atoms with E-state index in [4.69, 9.17) is 9.47 Å². The number of sulfonamides is 1. The fourth-order valence-corrected chi connectivity index (χ4v) is 4.40.